The molecule has 278 valence electrons. The van der Waals surface area contributed by atoms with Gasteiger partial charge in [-0.2, -0.15) is 0 Å². The Balaban J connectivity index is 1.12. The molecule has 0 bridgehead atoms. The van der Waals surface area contributed by atoms with Crippen molar-refractivity contribution < 1.29 is 19.1 Å². The Kier molecular flexibility index (Phi) is 10.4. The van der Waals surface area contributed by atoms with E-state index in [2.05, 4.69) is 58.9 Å². The fourth-order valence-electron chi connectivity index (χ4n) is 12.4. The molecule has 0 amide bonds. The van der Waals surface area contributed by atoms with Crippen LogP contribution in [0.15, 0.2) is 72.8 Å². The molecule has 0 spiro atoms. The van der Waals surface area contributed by atoms with E-state index in [9.17, 15) is 9.59 Å². The highest BCUT2D eigenvalue weighted by Crippen LogP contribution is 2.70. The third-order valence-electron chi connectivity index (χ3n) is 15.7. The first-order chi connectivity index (χ1) is 25.0. The number of nitrogen functional groups attached to an aromatic ring is 1. The van der Waals surface area contributed by atoms with Gasteiger partial charge in [-0.1, -0.05) is 78.1 Å². The molecular formula is C47H61NO4. The number of carbonyl (C=O) groups excluding carboxylic acids is 2. The molecule has 0 aliphatic heterocycles. The van der Waals surface area contributed by atoms with E-state index in [1.165, 1.54) is 75.3 Å². The molecule has 0 saturated heterocycles. The van der Waals surface area contributed by atoms with Gasteiger partial charge in [0.2, 0.25) is 0 Å². The second kappa shape index (κ2) is 14.7. The lowest BCUT2D eigenvalue weighted by Gasteiger charge is -2.63. The quantitative estimate of drug-likeness (QED) is 0.0931. The molecule has 4 fully saturated rings. The monoisotopic (exact) mass is 703 g/mol. The maximum Gasteiger partial charge on any atom is 0.343 e. The van der Waals surface area contributed by atoms with Crippen LogP contribution in [0.3, 0.4) is 0 Å². The molecule has 0 radical (unpaired) electrons. The summed E-state index contributed by atoms with van der Waals surface area (Å²) in [5.41, 5.74) is 10.1. The van der Waals surface area contributed by atoms with Crippen LogP contribution < -0.4 is 15.2 Å². The molecule has 52 heavy (non-hydrogen) atoms. The molecule has 3 aromatic carbocycles. The van der Waals surface area contributed by atoms with Crippen LogP contribution in [0.2, 0.25) is 0 Å². The fourth-order valence-corrected chi connectivity index (χ4v) is 12.4. The van der Waals surface area contributed by atoms with Crippen molar-refractivity contribution in [2.24, 2.45) is 52.3 Å². The number of fused-ring (bicyclic) bond motifs is 5. The number of rotatable bonds is 11. The lowest BCUT2D eigenvalue weighted by Crippen LogP contribution is -2.55. The summed E-state index contributed by atoms with van der Waals surface area (Å²) in [4.78, 5) is 24.0. The predicted molar refractivity (Wildman–Crippen MR) is 209 cm³/mol. The normalized spacial score (nSPS) is 33.5. The van der Waals surface area contributed by atoms with Crippen molar-refractivity contribution in [1.29, 1.82) is 0 Å². The molecule has 5 heteroatoms. The lowest BCUT2D eigenvalue weighted by molar-refractivity contribution is -0.122. The number of esters is 1. The average Bonchev–Trinajstić information content (AvgIpc) is 3.52. The van der Waals surface area contributed by atoms with Gasteiger partial charge in [0.15, 0.2) is 0 Å². The Hall–Kier alpha value is -3.60. The Morgan fingerprint density at radius 1 is 0.788 bits per heavy atom. The van der Waals surface area contributed by atoms with Crippen LogP contribution in [0.5, 0.6) is 11.5 Å². The van der Waals surface area contributed by atoms with E-state index < -0.39 is 5.97 Å². The molecule has 0 heterocycles. The molecule has 5 nitrogen and oxygen atoms in total. The highest BCUT2D eigenvalue weighted by Gasteiger charge is 2.62. The van der Waals surface area contributed by atoms with E-state index in [-0.39, 0.29) is 5.41 Å². The van der Waals surface area contributed by atoms with E-state index in [0.717, 1.165) is 48.3 Å². The zero-order valence-corrected chi connectivity index (χ0v) is 32.2. The maximum atomic E-state index is 12.9. The van der Waals surface area contributed by atoms with Gasteiger partial charge in [-0.15, -0.1) is 0 Å². The summed E-state index contributed by atoms with van der Waals surface area (Å²) in [5, 5.41) is 0. The van der Waals surface area contributed by atoms with Gasteiger partial charge in [-0.3, -0.25) is 4.79 Å². The summed E-state index contributed by atoms with van der Waals surface area (Å²) < 4.78 is 11.0. The first-order valence-electron chi connectivity index (χ1n) is 20.4. The van der Waals surface area contributed by atoms with Crippen LogP contribution in [0.25, 0.3) is 0 Å². The number of anilines is 1. The highest BCUT2D eigenvalue weighted by molar-refractivity contribution is 5.91. The first kappa shape index (κ1) is 36.7. The Morgan fingerprint density at radius 3 is 2.10 bits per heavy atom. The van der Waals surface area contributed by atoms with E-state index in [0.29, 0.717) is 46.0 Å². The molecule has 2 N–H and O–H groups in total. The SMILES string of the molecule is CCC(C)CCC(C)C1CCC2C3CCC4CC(c5ccc(OC=O)cc5)(c5ccc(OC(=O)c6ccc(N)cc6)cc5)CCC4(C)C3CCC12C. The van der Waals surface area contributed by atoms with Gasteiger partial charge in [-0.25, -0.2) is 4.79 Å². The molecule has 3 aromatic rings. The second-order valence-electron chi connectivity index (χ2n) is 18.0. The number of nitrogens with two attached hydrogens (primary N) is 1. The van der Waals surface area contributed by atoms with Crippen LogP contribution in [-0.2, 0) is 10.2 Å². The smallest absolute Gasteiger partial charge is 0.343 e. The van der Waals surface area contributed by atoms with Crippen molar-refractivity contribution in [3.8, 4) is 11.5 Å². The summed E-state index contributed by atoms with van der Waals surface area (Å²) >= 11 is 0. The Morgan fingerprint density at radius 2 is 1.44 bits per heavy atom. The lowest BCUT2D eigenvalue weighted by atomic mass is 9.42. The van der Waals surface area contributed by atoms with Crippen molar-refractivity contribution in [3.05, 3.63) is 89.5 Å². The van der Waals surface area contributed by atoms with Gasteiger partial charge < -0.3 is 15.2 Å². The van der Waals surface area contributed by atoms with Crippen LogP contribution in [-0.4, -0.2) is 12.4 Å². The fraction of sp³-hybridized carbons (Fsp3) is 0.574. The average molecular weight is 704 g/mol. The van der Waals surface area contributed by atoms with Crippen molar-refractivity contribution >= 4 is 18.1 Å². The third-order valence-corrected chi connectivity index (χ3v) is 15.7. The largest absolute Gasteiger partial charge is 0.429 e. The van der Waals surface area contributed by atoms with E-state index in [1.807, 2.05) is 24.3 Å². The van der Waals surface area contributed by atoms with Crippen LogP contribution in [0.4, 0.5) is 5.69 Å². The van der Waals surface area contributed by atoms with Gasteiger partial charge in [0.05, 0.1) is 5.56 Å². The van der Waals surface area contributed by atoms with Crippen LogP contribution in [0.1, 0.15) is 133 Å². The first-order valence-corrected chi connectivity index (χ1v) is 20.4. The van der Waals surface area contributed by atoms with Gasteiger partial charge in [0, 0.05) is 11.1 Å². The van der Waals surface area contributed by atoms with Crippen molar-refractivity contribution in [1.82, 2.24) is 0 Å². The molecule has 10 unspecified atom stereocenters. The molecular weight excluding hydrogens is 643 g/mol. The summed E-state index contributed by atoms with van der Waals surface area (Å²) in [6, 6.07) is 23.2. The predicted octanol–water partition coefficient (Wildman–Crippen LogP) is 11.4. The molecule has 7 rings (SSSR count). The van der Waals surface area contributed by atoms with Gasteiger partial charge in [-0.05, 0) is 170 Å². The van der Waals surface area contributed by atoms with Crippen molar-refractivity contribution in [2.75, 3.05) is 5.73 Å². The summed E-state index contributed by atoms with van der Waals surface area (Å²) in [6.45, 7) is 13.2. The molecule has 4 saturated carbocycles. The van der Waals surface area contributed by atoms with Crippen LogP contribution >= 0.6 is 0 Å². The minimum atomic E-state index is -0.392. The number of ether oxygens (including phenoxy) is 2. The van der Waals surface area contributed by atoms with Gasteiger partial charge in [0.1, 0.15) is 11.5 Å². The molecule has 4 aliphatic rings. The zero-order chi connectivity index (χ0) is 36.7. The van der Waals surface area contributed by atoms with E-state index in [4.69, 9.17) is 15.2 Å². The van der Waals surface area contributed by atoms with E-state index >= 15 is 0 Å². The molecule has 10 atom stereocenters. The third kappa shape index (κ3) is 6.60. The summed E-state index contributed by atoms with van der Waals surface area (Å²) in [7, 11) is 0. The minimum absolute atomic E-state index is 0.178. The highest BCUT2D eigenvalue weighted by atomic mass is 16.5. The second-order valence-corrected chi connectivity index (χ2v) is 18.0. The minimum Gasteiger partial charge on any atom is -0.429 e. The van der Waals surface area contributed by atoms with Crippen LogP contribution in [0, 0.1) is 52.3 Å². The Bertz CT molecular complexity index is 1700. The number of hydrogen-bond acceptors (Lipinski definition) is 5. The summed E-state index contributed by atoms with van der Waals surface area (Å²) in [5.74, 6) is 6.43. The van der Waals surface area contributed by atoms with E-state index in [1.54, 1.807) is 24.3 Å². The van der Waals surface area contributed by atoms with Crippen molar-refractivity contribution in [3.63, 3.8) is 0 Å². The number of carbonyl (C=O) groups is 2. The van der Waals surface area contributed by atoms with Crippen molar-refractivity contribution in [2.45, 2.75) is 117 Å². The number of hydrogen-bond donors (Lipinski definition) is 1. The maximum absolute atomic E-state index is 12.9. The molecule has 4 aliphatic carbocycles. The zero-order valence-electron chi connectivity index (χ0n) is 32.2. The summed E-state index contributed by atoms with van der Waals surface area (Å²) in [6.07, 6.45) is 15.8. The Labute approximate surface area is 312 Å². The van der Waals surface area contributed by atoms with Gasteiger partial charge in [0.25, 0.3) is 6.47 Å². The number of benzene rings is 3. The standard InChI is InChI=1S/C47H61NO4/c1-6-31(2)7-8-32(3)41-23-24-42-40-22-15-36-29-47(34-11-18-38(19-12-34)51-30-49,28-27-45(36,4)43(40)25-26-46(41,42)5)35-13-20-39(21-14-35)52-44(50)33-9-16-37(48)17-10-33/h9-14,16-21,30-32,36,40-43H,6-8,15,22-29,48H2,1-5H3. The van der Waals surface area contributed by atoms with Gasteiger partial charge >= 0.3 is 5.97 Å². The molecule has 0 aromatic heterocycles. The topological polar surface area (TPSA) is 78.6 Å².